The van der Waals surface area contributed by atoms with E-state index in [2.05, 4.69) is 4.74 Å². The van der Waals surface area contributed by atoms with Crippen LogP contribution in [0.3, 0.4) is 0 Å². The molecule has 0 aliphatic carbocycles. The number of benzene rings is 1. The van der Waals surface area contributed by atoms with Crippen LogP contribution in [0.25, 0.3) is 0 Å². The zero-order chi connectivity index (χ0) is 19.2. The van der Waals surface area contributed by atoms with Crippen molar-refractivity contribution < 1.29 is 22.7 Å². The Kier molecular flexibility index (Phi) is 7.02. The molecule has 0 radical (unpaired) electrons. The van der Waals surface area contributed by atoms with Gasteiger partial charge in [-0.2, -0.15) is 0 Å². The number of carbonyl (C=O) groups is 2. The summed E-state index contributed by atoms with van der Waals surface area (Å²) in [4.78, 5) is 25.8. The Hall–Kier alpha value is -2.09. The minimum Gasteiger partial charge on any atom is -0.465 e. The first-order chi connectivity index (χ1) is 12.3. The molecule has 1 aliphatic rings. The third kappa shape index (κ3) is 5.45. The minimum atomic E-state index is -3.54. The maximum atomic E-state index is 12.4. The molecule has 1 aromatic rings. The lowest BCUT2D eigenvalue weighted by Gasteiger charge is -2.25. The number of hydrogen-bond donors (Lipinski definition) is 0. The number of nitrogens with zero attached hydrogens (tertiary/aromatic N) is 2. The zero-order valence-corrected chi connectivity index (χ0v) is 16.1. The summed E-state index contributed by atoms with van der Waals surface area (Å²) in [6.07, 6.45) is 5.49. The Labute approximate surface area is 155 Å². The third-order valence-electron chi connectivity index (χ3n) is 4.46. The van der Waals surface area contributed by atoms with E-state index in [1.54, 1.807) is 12.1 Å². The van der Waals surface area contributed by atoms with Gasteiger partial charge in [-0.05, 0) is 37.1 Å². The monoisotopic (exact) mass is 382 g/mol. The normalized spacial score (nSPS) is 15.2. The Morgan fingerprint density at radius 3 is 2.15 bits per heavy atom. The fourth-order valence-corrected chi connectivity index (χ4v) is 3.97. The second-order valence-corrected chi connectivity index (χ2v) is 8.33. The molecular formula is C18H26N2O5S. The molecule has 1 saturated heterocycles. The van der Waals surface area contributed by atoms with E-state index in [4.69, 9.17) is 0 Å². The van der Waals surface area contributed by atoms with Crippen molar-refractivity contribution in [1.82, 2.24) is 4.90 Å². The van der Waals surface area contributed by atoms with E-state index < -0.39 is 16.0 Å². The number of likely N-dealkylation sites (tertiary alicyclic amines) is 1. The number of esters is 1. The molecular weight excluding hydrogens is 356 g/mol. The van der Waals surface area contributed by atoms with Crippen molar-refractivity contribution in [2.75, 3.05) is 37.3 Å². The Bertz CT molecular complexity index is 722. The van der Waals surface area contributed by atoms with Crippen molar-refractivity contribution in [3.63, 3.8) is 0 Å². The molecule has 2 rings (SSSR count). The molecule has 0 atom stereocenters. The van der Waals surface area contributed by atoms with Crippen LogP contribution in [0, 0.1) is 0 Å². The summed E-state index contributed by atoms with van der Waals surface area (Å²) >= 11 is 0. The number of ether oxygens (including phenoxy) is 1. The molecule has 0 spiro atoms. The van der Waals surface area contributed by atoms with E-state index >= 15 is 0 Å². The van der Waals surface area contributed by atoms with Crippen LogP contribution in [0.4, 0.5) is 5.69 Å². The minimum absolute atomic E-state index is 0.0215. The van der Waals surface area contributed by atoms with Crippen molar-refractivity contribution in [2.24, 2.45) is 0 Å². The van der Waals surface area contributed by atoms with E-state index in [0.717, 1.165) is 45.0 Å². The first-order valence-electron chi connectivity index (χ1n) is 8.77. The number of sulfonamides is 1. The largest absolute Gasteiger partial charge is 0.465 e. The quantitative estimate of drug-likeness (QED) is 0.703. The summed E-state index contributed by atoms with van der Waals surface area (Å²) in [6.45, 7) is 1.56. The number of carbonyl (C=O) groups excluding carboxylic acids is 2. The van der Waals surface area contributed by atoms with Gasteiger partial charge in [0.05, 0.1) is 24.6 Å². The van der Waals surface area contributed by atoms with Crippen LogP contribution >= 0.6 is 0 Å². The Morgan fingerprint density at radius 1 is 1.08 bits per heavy atom. The van der Waals surface area contributed by atoms with Gasteiger partial charge in [-0.25, -0.2) is 13.2 Å². The number of amides is 1. The third-order valence-corrected chi connectivity index (χ3v) is 5.66. The molecule has 1 aliphatic heterocycles. The van der Waals surface area contributed by atoms with Gasteiger partial charge in [0.25, 0.3) is 0 Å². The van der Waals surface area contributed by atoms with Gasteiger partial charge in [-0.3, -0.25) is 9.10 Å². The lowest BCUT2D eigenvalue weighted by molar-refractivity contribution is -0.130. The van der Waals surface area contributed by atoms with Crippen LogP contribution < -0.4 is 4.31 Å². The first-order valence-corrected chi connectivity index (χ1v) is 10.6. The first kappa shape index (κ1) is 20.2. The molecule has 0 saturated carbocycles. The maximum absolute atomic E-state index is 12.4. The molecule has 1 amide bonds. The van der Waals surface area contributed by atoms with Crippen molar-refractivity contribution >= 4 is 27.6 Å². The smallest absolute Gasteiger partial charge is 0.337 e. The van der Waals surface area contributed by atoms with Crippen molar-refractivity contribution in [3.05, 3.63) is 29.8 Å². The van der Waals surface area contributed by atoms with E-state index in [0.29, 0.717) is 11.3 Å². The van der Waals surface area contributed by atoms with E-state index in [1.807, 2.05) is 4.90 Å². The highest BCUT2D eigenvalue weighted by Crippen LogP contribution is 2.20. The van der Waals surface area contributed by atoms with Gasteiger partial charge in [0, 0.05) is 26.1 Å². The molecule has 0 N–H and O–H groups in total. The average molecular weight is 382 g/mol. The van der Waals surface area contributed by atoms with Crippen LogP contribution in [0.5, 0.6) is 0 Å². The number of hydrogen-bond acceptors (Lipinski definition) is 5. The zero-order valence-electron chi connectivity index (χ0n) is 15.3. The molecule has 8 heteroatoms. The molecule has 144 valence electrons. The number of rotatable bonds is 6. The van der Waals surface area contributed by atoms with E-state index in [9.17, 15) is 18.0 Å². The fraction of sp³-hybridized carbons (Fsp3) is 0.556. The highest BCUT2D eigenvalue weighted by atomic mass is 32.2. The summed E-state index contributed by atoms with van der Waals surface area (Å²) in [5, 5.41) is 0. The summed E-state index contributed by atoms with van der Waals surface area (Å²) in [7, 11) is -2.26. The fourth-order valence-electron chi connectivity index (χ4n) is 3.04. The van der Waals surface area contributed by atoms with Crippen LogP contribution in [0.15, 0.2) is 24.3 Å². The van der Waals surface area contributed by atoms with Crippen molar-refractivity contribution in [2.45, 2.75) is 32.1 Å². The van der Waals surface area contributed by atoms with Crippen molar-refractivity contribution in [3.8, 4) is 0 Å². The topological polar surface area (TPSA) is 84.0 Å². The maximum Gasteiger partial charge on any atom is 0.337 e. The summed E-state index contributed by atoms with van der Waals surface area (Å²) in [5.41, 5.74) is 0.758. The molecule has 7 nitrogen and oxygen atoms in total. The molecule has 1 fully saturated rings. The molecule has 0 bridgehead atoms. The standard InChI is InChI=1S/C18H26N2O5S/c1-25-18(22)15-7-9-16(10-8-15)20(26(2,23)24)14-11-17(21)19-12-5-3-4-6-13-19/h7-10H,3-6,11-14H2,1-2H3. The SMILES string of the molecule is COC(=O)c1ccc(N(CCC(=O)N2CCCCCC2)S(C)(=O)=O)cc1. The molecule has 0 aromatic heterocycles. The second-order valence-electron chi connectivity index (χ2n) is 6.42. The second kappa shape index (κ2) is 9.02. The highest BCUT2D eigenvalue weighted by molar-refractivity contribution is 7.92. The summed E-state index contributed by atoms with van der Waals surface area (Å²) < 4.78 is 30.2. The van der Waals surface area contributed by atoms with Gasteiger partial charge in [-0.15, -0.1) is 0 Å². The van der Waals surface area contributed by atoms with Gasteiger partial charge in [0.2, 0.25) is 15.9 Å². The van der Waals surface area contributed by atoms with Crippen LogP contribution in [-0.4, -0.2) is 58.2 Å². The van der Waals surface area contributed by atoms with Crippen LogP contribution in [-0.2, 0) is 19.6 Å². The summed E-state index contributed by atoms with van der Waals surface area (Å²) in [6, 6.07) is 6.11. The van der Waals surface area contributed by atoms with Crippen molar-refractivity contribution in [1.29, 1.82) is 0 Å². The van der Waals surface area contributed by atoms with E-state index in [1.165, 1.54) is 23.5 Å². The van der Waals surface area contributed by atoms with Gasteiger partial charge < -0.3 is 9.64 Å². The number of methoxy groups -OCH3 is 1. The summed E-state index contributed by atoms with van der Waals surface area (Å²) in [5.74, 6) is -0.509. The van der Waals surface area contributed by atoms with Gasteiger partial charge >= 0.3 is 5.97 Å². The van der Waals surface area contributed by atoms with Crippen LogP contribution in [0.1, 0.15) is 42.5 Å². The Balaban J connectivity index is 2.08. The lowest BCUT2D eigenvalue weighted by Crippen LogP contribution is -2.37. The molecule has 1 aromatic carbocycles. The molecule has 0 unspecified atom stereocenters. The van der Waals surface area contributed by atoms with Crippen LogP contribution in [0.2, 0.25) is 0 Å². The predicted octanol–water partition coefficient (Wildman–Crippen LogP) is 2.03. The Morgan fingerprint density at radius 2 is 1.65 bits per heavy atom. The molecule has 1 heterocycles. The van der Waals surface area contributed by atoms with Gasteiger partial charge in [-0.1, -0.05) is 12.8 Å². The molecule has 26 heavy (non-hydrogen) atoms. The highest BCUT2D eigenvalue weighted by Gasteiger charge is 2.21. The predicted molar refractivity (Wildman–Crippen MR) is 99.6 cm³/mol. The van der Waals surface area contributed by atoms with Gasteiger partial charge in [0.15, 0.2) is 0 Å². The van der Waals surface area contributed by atoms with Gasteiger partial charge in [0.1, 0.15) is 0 Å². The lowest BCUT2D eigenvalue weighted by atomic mass is 10.2. The average Bonchev–Trinajstić information content (AvgIpc) is 2.90. The number of anilines is 1. The van der Waals surface area contributed by atoms with E-state index in [-0.39, 0.29) is 18.9 Å².